The first-order valence-electron chi connectivity index (χ1n) is 7.43. The summed E-state index contributed by atoms with van der Waals surface area (Å²) in [6.07, 6.45) is 2.09. The van der Waals surface area contributed by atoms with Gasteiger partial charge >= 0.3 is 6.09 Å². The number of carbonyl (C=O) groups excluding carboxylic acids is 2. The Morgan fingerprint density at radius 1 is 1.38 bits per heavy atom. The molecule has 0 radical (unpaired) electrons. The third kappa shape index (κ3) is 2.86. The fraction of sp³-hybridized carbons (Fsp3) is 0.500. The smallest absolute Gasteiger partial charge is 0.410 e. The second kappa shape index (κ2) is 5.39. The summed E-state index contributed by atoms with van der Waals surface area (Å²) in [4.78, 5) is 26.0. The zero-order chi connectivity index (χ0) is 14.9. The standard InChI is InChI=1S/C16H20N2O3/c1-2-13-14(19)17-16(8-9-16)11-18(13)15(20)21-10-12-6-4-3-5-7-12/h3-7,13H,2,8-11H2,1H3,(H,17,19). The highest BCUT2D eigenvalue weighted by atomic mass is 16.6. The molecule has 1 N–H and O–H groups in total. The number of nitrogens with zero attached hydrogens (tertiary/aromatic N) is 1. The molecule has 1 heterocycles. The zero-order valence-corrected chi connectivity index (χ0v) is 12.2. The SMILES string of the molecule is CCC1C(=O)NC2(CC2)CN1C(=O)OCc1ccccc1. The molecule has 1 atom stereocenters. The van der Waals surface area contributed by atoms with Crippen LogP contribution < -0.4 is 5.32 Å². The summed E-state index contributed by atoms with van der Waals surface area (Å²) in [6.45, 7) is 2.71. The number of carbonyl (C=O) groups is 2. The molecule has 1 spiro atoms. The van der Waals surface area contributed by atoms with Gasteiger partial charge in [-0.25, -0.2) is 4.79 Å². The van der Waals surface area contributed by atoms with Crippen LogP contribution in [0.3, 0.4) is 0 Å². The maximum absolute atomic E-state index is 12.3. The molecule has 1 saturated carbocycles. The normalized spacial score (nSPS) is 22.8. The molecule has 1 aromatic carbocycles. The van der Waals surface area contributed by atoms with E-state index in [0.29, 0.717) is 13.0 Å². The van der Waals surface area contributed by atoms with E-state index in [0.717, 1.165) is 18.4 Å². The number of nitrogens with one attached hydrogen (secondary N) is 1. The van der Waals surface area contributed by atoms with Crippen molar-refractivity contribution >= 4 is 12.0 Å². The number of rotatable bonds is 3. The monoisotopic (exact) mass is 288 g/mol. The zero-order valence-electron chi connectivity index (χ0n) is 12.2. The quantitative estimate of drug-likeness (QED) is 0.926. The van der Waals surface area contributed by atoms with Gasteiger partial charge in [0.25, 0.3) is 0 Å². The largest absolute Gasteiger partial charge is 0.445 e. The first kappa shape index (κ1) is 13.9. The highest BCUT2D eigenvalue weighted by molar-refractivity contribution is 5.88. The van der Waals surface area contributed by atoms with Gasteiger partial charge < -0.3 is 10.1 Å². The maximum atomic E-state index is 12.3. The lowest BCUT2D eigenvalue weighted by Gasteiger charge is -2.38. The van der Waals surface area contributed by atoms with Crippen LogP contribution in [-0.2, 0) is 16.1 Å². The van der Waals surface area contributed by atoms with E-state index >= 15 is 0 Å². The maximum Gasteiger partial charge on any atom is 0.410 e. The molecule has 1 saturated heterocycles. The van der Waals surface area contributed by atoms with E-state index < -0.39 is 12.1 Å². The molecule has 2 fully saturated rings. The predicted molar refractivity (Wildman–Crippen MR) is 77.5 cm³/mol. The van der Waals surface area contributed by atoms with Gasteiger partial charge in [-0.05, 0) is 24.8 Å². The minimum atomic E-state index is -0.417. The van der Waals surface area contributed by atoms with Gasteiger partial charge in [0.05, 0.1) is 5.54 Å². The predicted octanol–water partition coefficient (Wildman–Crippen LogP) is 2.07. The first-order valence-corrected chi connectivity index (χ1v) is 7.43. The lowest BCUT2D eigenvalue weighted by atomic mass is 10.1. The second-order valence-electron chi connectivity index (χ2n) is 5.86. The Balaban J connectivity index is 1.65. The average Bonchev–Trinajstić information content (AvgIpc) is 3.24. The molecule has 1 aromatic rings. The van der Waals surface area contributed by atoms with Gasteiger partial charge in [-0.3, -0.25) is 9.69 Å². The number of piperazine rings is 1. The summed E-state index contributed by atoms with van der Waals surface area (Å²) in [7, 11) is 0. The number of benzene rings is 1. The molecule has 0 aromatic heterocycles. The van der Waals surface area contributed by atoms with Crippen molar-refractivity contribution in [2.45, 2.75) is 44.4 Å². The Morgan fingerprint density at radius 2 is 2.10 bits per heavy atom. The molecule has 3 rings (SSSR count). The third-order valence-corrected chi connectivity index (χ3v) is 4.22. The molecule has 21 heavy (non-hydrogen) atoms. The van der Waals surface area contributed by atoms with Crippen LogP contribution >= 0.6 is 0 Å². The molecule has 1 aliphatic carbocycles. The minimum absolute atomic E-state index is 0.0575. The molecule has 2 aliphatic rings. The molecule has 112 valence electrons. The summed E-state index contributed by atoms with van der Waals surface area (Å²) in [5, 5.41) is 3.04. The molecule has 5 nitrogen and oxygen atoms in total. The van der Waals surface area contributed by atoms with Gasteiger partial charge in [0.2, 0.25) is 5.91 Å². The topological polar surface area (TPSA) is 58.6 Å². The molecule has 2 amide bonds. The van der Waals surface area contributed by atoms with Gasteiger partial charge in [-0.15, -0.1) is 0 Å². The van der Waals surface area contributed by atoms with E-state index in [4.69, 9.17) is 4.74 Å². The van der Waals surface area contributed by atoms with Crippen LogP contribution in [0, 0.1) is 0 Å². The minimum Gasteiger partial charge on any atom is -0.445 e. The number of ether oxygens (including phenoxy) is 1. The lowest BCUT2D eigenvalue weighted by Crippen LogP contribution is -2.62. The average molecular weight is 288 g/mol. The Morgan fingerprint density at radius 3 is 2.71 bits per heavy atom. The van der Waals surface area contributed by atoms with Crippen molar-refractivity contribution in [3.8, 4) is 0 Å². The number of hydrogen-bond donors (Lipinski definition) is 1. The van der Waals surface area contributed by atoms with Gasteiger partial charge in [0, 0.05) is 6.54 Å². The molecule has 0 bridgehead atoms. The van der Waals surface area contributed by atoms with Gasteiger partial charge in [0.15, 0.2) is 0 Å². The fourth-order valence-electron chi connectivity index (χ4n) is 2.80. The van der Waals surface area contributed by atoms with Crippen molar-refractivity contribution in [3.05, 3.63) is 35.9 Å². The van der Waals surface area contributed by atoms with Crippen molar-refractivity contribution in [1.29, 1.82) is 0 Å². The van der Waals surface area contributed by atoms with Crippen LogP contribution in [0.15, 0.2) is 30.3 Å². The van der Waals surface area contributed by atoms with Crippen molar-refractivity contribution in [2.75, 3.05) is 6.54 Å². The van der Waals surface area contributed by atoms with E-state index in [1.165, 1.54) is 0 Å². The third-order valence-electron chi connectivity index (χ3n) is 4.22. The van der Waals surface area contributed by atoms with Crippen molar-refractivity contribution in [1.82, 2.24) is 10.2 Å². The molecular formula is C16H20N2O3. The second-order valence-corrected chi connectivity index (χ2v) is 5.86. The van der Waals surface area contributed by atoms with E-state index in [1.807, 2.05) is 37.3 Å². The van der Waals surface area contributed by atoms with Crippen LogP contribution in [-0.4, -0.2) is 35.0 Å². The summed E-state index contributed by atoms with van der Waals surface area (Å²) in [6, 6.07) is 9.15. The van der Waals surface area contributed by atoms with Crippen LogP contribution in [0.2, 0.25) is 0 Å². The van der Waals surface area contributed by atoms with Crippen molar-refractivity contribution in [2.24, 2.45) is 0 Å². The molecular weight excluding hydrogens is 268 g/mol. The summed E-state index contributed by atoms with van der Waals surface area (Å²) >= 11 is 0. The fourth-order valence-corrected chi connectivity index (χ4v) is 2.80. The Kier molecular flexibility index (Phi) is 3.57. The Hall–Kier alpha value is -2.04. The first-order chi connectivity index (χ1) is 10.1. The van der Waals surface area contributed by atoms with E-state index in [9.17, 15) is 9.59 Å². The Labute approximate surface area is 124 Å². The molecule has 5 heteroatoms. The van der Waals surface area contributed by atoms with E-state index in [2.05, 4.69) is 5.32 Å². The Bertz CT molecular complexity index is 540. The van der Waals surface area contributed by atoms with Crippen LogP contribution in [0.25, 0.3) is 0 Å². The van der Waals surface area contributed by atoms with Crippen LogP contribution in [0.5, 0.6) is 0 Å². The highest BCUT2D eigenvalue weighted by Crippen LogP contribution is 2.39. The van der Waals surface area contributed by atoms with Gasteiger partial charge in [-0.2, -0.15) is 0 Å². The van der Waals surface area contributed by atoms with E-state index in [-0.39, 0.29) is 18.1 Å². The van der Waals surface area contributed by atoms with Crippen molar-refractivity contribution in [3.63, 3.8) is 0 Å². The number of amides is 2. The van der Waals surface area contributed by atoms with Crippen LogP contribution in [0.4, 0.5) is 4.79 Å². The van der Waals surface area contributed by atoms with Gasteiger partial charge in [0.1, 0.15) is 12.6 Å². The molecule has 1 aliphatic heterocycles. The van der Waals surface area contributed by atoms with Gasteiger partial charge in [-0.1, -0.05) is 37.3 Å². The lowest BCUT2D eigenvalue weighted by molar-refractivity contribution is -0.130. The summed E-state index contributed by atoms with van der Waals surface area (Å²) in [5.74, 6) is -0.0575. The van der Waals surface area contributed by atoms with Crippen molar-refractivity contribution < 1.29 is 14.3 Å². The highest BCUT2D eigenvalue weighted by Gasteiger charge is 2.52. The number of hydrogen-bond acceptors (Lipinski definition) is 3. The summed E-state index contributed by atoms with van der Waals surface area (Å²) in [5.41, 5.74) is 0.760. The van der Waals surface area contributed by atoms with Crippen LogP contribution in [0.1, 0.15) is 31.7 Å². The molecule has 1 unspecified atom stereocenters. The summed E-state index contributed by atoms with van der Waals surface area (Å²) < 4.78 is 5.38. The van der Waals surface area contributed by atoms with E-state index in [1.54, 1.807) is 4.90 Å².